The number of nitrogens with zero attached hydrogens (tertiary/aromatic N) is 2. The van der Waals surface area contributed by atoms with E-state index in [0.29, 0.717) is 0 Å². The second-order valence-corrected chi connectivity index (χ2v) is 3.28. The second-order valence-electron chi connectivity index (χ2n) is 3.28. The predicted molar refractivity (Wildman–Crippen MR) is 50.2 cm³/mol. The van der Waals surface area contributed by atoms with Crippen molar-refractivity contribution in [2.45, 2.75) is 6.18 Å². The first-order valence-corrected chi connectivity index (χ1v) is 4.49. The summed E-state index contributed by atoms with van der Waals surface area (Å²) >= 11 is 0. The number of hydrogen-bond acceptors (Lipinski definition) is 2. The average Bonchev–Trinajstić information content (AvgIpc) is 2.61. The van der Waals surface area contributed by atoms with Gasteiger partial charge in [-0.25, -0.2) is 9.07 Å². The van der Waals surface area contributed by atoms with Crippen LogP contribution in [-0.4, -0.2) is 14.9 Å². The Kier molecular flexibility index (Phi) is 2.53. The molecule has 0 saturated carbocycles. The summed E-state index contributed by atoms with van der Waals surface area (Å²) in [5, 5.41) is 12.3. The molecule has 0 spiro atoms. The quantitative estimate of drug-likeness (QED) is 0.785. The largest absolute Gasteiger partial charge is 0.504 e. The van der Waals surface area contributed by atoms with E-state index in [4.69, 9.17) is 5.11 Å². The van der Waals surface area contributed by atoms with Crippen LogP contribution < -0.4 is 0 Å². The highest BCUT2D eigenvalue weighted by Crippen LogP contribution is 2.34. The van der Waals surface area contributed by atoms with Crippen molar-refractivity contribution in [1.82, 2.24) is 9.78 Å². The summed E-state index contributed by atoms with van der Waals surface area (Å²) in [6, 6.07) is 4.67. The molecule has 17 heavy (non-hydrogen) atoms. The van der Waals surface area contributed by atoms with E-state index in [0.717, 1.165) is 23.0 Å². The number of aromatic nitrogens is 2. The molecule has 0 aliphatic carbocycles. The van der Waals surface area contributed by atoms with Crippen LogP contribution in [0.15, 0.2) is 30.5 Å². The fourth-order valence-corrected chi connectivity index (χ4v) is 1.29. The summed E-state index contributed by atoms with van der Waals surface area (Å²) in [6.45, 7) is 0. The highest BCUT2D eigenvalue weighted by molar-refractivity contribution is 5.35. The van der Waals surface area contributed by atoms with E-state index in [1.807, 2.05) is 0 Å². The molecule has 2 rings (SSSR count). The molecule has 0 radical (unpaired) electrons. The van der Waals surface area contributed by atoms with Crippen molar-refractivity contribution in [3.05, 3.63) is 42.0 Å². The van der Waals surface area contributed by atoms with Gasteiger partial charge in [0.05, 0.1) is 11.9 Å². The summed E-state index contributed by atoms with van der Waals surface area (Å²) in [6.07, 6.45) is -3.91. The highest BCUT2D eigenvalue weighted by Gasteiger charge is 2.37. The maximum Gasteiger partial charge on any atom is 0.438 e. The lowest BCUT2D eigenvalue weighted by atomic mass is 10.3. The molecule has 0 saturated heterocycles. The van der Waals surface area contributed by atoms with E-state index >= 15 is 0 Å². The third-order valence-electron chi connectivity index (χ3n) is 2.05. The molecule has 0 fully saturated rings. The van der Waals surface area contributed by atoms with Crippen LogP contribution in [0.4, 0.5) is 17.6 Å². The second kappa shape index (κ2) is 3.76. The maximum atomic E-state index is 12.6. The van der Waals surface area contributed by atoms with Crippen LogP contribution in [-0.2, 0) is 6.18 Å². The molecule has 1 aromatic heterocycles. The Balaban J connectivity index is 2.45. The zero-order valence-electron chi connectivity index (χ0n) is 8.24. The van der Waals surface area contributed by atoms with Gasteiger partial charge >= 0.3 is 6.18 Å². The molecule has 1 aromatic carbocycles. The van der Waals surface area contributed by atoms with Gasteiger partial charge in [-0.2, -0.15) is 18.3 Å². The first kappa shape index (κ1) is 11.4. The lowest BCUT2D eigenvalue weighted by Gasteiger charge is -2.02. The standard InChI is InChI=1S/C10H6F4N2O/c11-6-1-3-7(4-2-6)16-5-8(17)9(15-16)10(12,13)14/h1-5,17H. The number of benzene rings is 1. The van der Waals surface area contributed by atoms with Crippen LogP contribution in [0, 0.1) is 5.82 Å². The highest BCUT2D eigenvalue weighted by atomic mass is 19.4. The Bertz CT molecular complexity index is 530. The molecule has 3 nitrogen and oxygen atoms in total. The molecule has 1 heterocycles. The molecule has 90 valence electrons. The van der Waals surface area contributed by atoms with E-state index in [-0.39, 0.29) is 5.69 Å². The lowest BCUT2D eigenvalue weighted by molar-refractivity contribution is -0.142. The fraction of sp³-hybridized carbons (Fsp3) is 0.100. The van der Waals surface area contributed by atoms with Crippen LogP contribution in [0.2, 0.25) is 0 Å². The number of halogens is 4. The number of rotatable bonds is 1. The van der Waals surface area contributed by atoms with E-state index in [9.17, 15) is 17.6 Å². The van der Waals surface area contributed by atoms with Gasteiger partial charge in [0.15, 0.2) is 5.75 Å². The molecule has 0 atom stereocenters. The molecule has 2 aromatic rings. The van der Waals surface area contributed by atoms with Gasteiger partial charge in [0.1, 0.15) is 5.82 Å². The van der Waals surface area contributed by atoms with Crippen LogP contribution in [0.5, 0.6) is 5.75 Å². The predicted octanol–water partition coefficient (Wildman–Crippen LogP) is 2.74. The Labute approximate surface area is 92.9 Å². The van der Waals surface area contributed by atoms with E-state index in [1.165, 1.54) is 12.1 Å². The minimum atomic E-state index is -4.73. The Morgan fingerprint density at radius 3 is 2.18 bits per heavy atom. The molecule has 1 N–H and O–H groups in total. The molecular weight excluding hydrogens is 240 g/mol. The summed E-state index contributed by atoms with van der Waals surface area (Å²) in [5.41, 5.74) is -1.15. The summed E-state index contributed by atoms with van der Waals surface area (Å²) in [5.74, 6) is -1.48. The first-order chi connectivity index (χ1) is 7.88. The topological polar surface area (TPSA) is 38.0 Å². The van der Waals surface area contributed by atoms with Crippen molar-refractivity contribution in [3.63, 3.8) is 0 Å². The van der Waals surface area contributed by atoms with E-state index < -0.39 is 23.4 Å². The summed E-state index contributed by atoms with van der Waals surface area (Å²) in [4.78, 5) is 0. The lowest BCUT2D eigenvalue weighted by Crippen LogP contribution is -2.07. The van der Waals surface area contributed by atoms with Gasteiger partial charge in [0.25, 0.3) is 0 Å². The van der Waals surface area contributed by atoms with Crippen molar-refractivity contribution in [2.24, 2.45) is 0 Å². The van der Waals surface area contributed by atoms with Gasteiger partial charge in [-0.3, -0.25) is 0 Å². The first-order valence-electron chi connectivity index (χ1n) is 4.49. The minimum Gasteiger partial charge on any atom is -0.504 e. The third kappa shape index (κ3) is 2.22. The Morgan fingerprint density at radius 2 is 1.71 bits per heavy atom. The molecule has 0 amide bonds. The molecule has 0 unspecified atom stereocenters. The van der Waals surface area contributed by atoms with Gasteiger partial charge in [0, 0.05) is 0 Å². The van der Waals surface area contributed by atoms with Crippen molar-refractivity contribution in [3.8, 4) is 11.4 Å². The monoisotopic (exact) mass is 246 g/mol. The number of aromatic hydroxyl groups is 1. The normalized spacial score (nSPS) is 11.8. The SMILES string of the molecule is Oc1cn(-c2ccc(F)cc2)nc1C(F)(F)F. The van der Waals surface area contributed by atoms with Crippen molar-refractivity contribution < 1.29 is 22.7 Å². The fourth-order valence-electron chi connectivity index (χ4n) is 1.29. The van der Waals surface area contributed by atoms with Crippen LogP contribution in [0.25, 0.3) is 5.69 Å². The van der Waals surface area contributed by atoms with Gasteiger partial charge in [-0.15, -0.1) is 0 Å². The van der Waals surface area contributed by atoms with Gasteiger partial charge in [-0.1, -0.05) is 0 Å². The van der Waals surface area contributed by atoms with Crippen molar-refractivity contribution >= 4 is 0 Å². The number of hydrogen-bond donors (Lipinski definition) is 1. The van der Waals surface area contributed by atoms with Crippen LogP contribution in [0.1, 0.15) is 5.69 Å². The molecule has 0 bridgehead atoms. The van der Waals surface area contributed by atoms with Gasteiger partial charge in [0.2, 0.25) is 5.69 Å². The van der Waals surface area contributed by atoms with Crippen molar-refractivity contribution in [2.75, 3.05) is 0 Å². The van der Waals surface area contributed by atoms with Gasteiger partial charge in [-0.05, 0) is 24.3 Å². The summed E-state index contributed by atoms with van der Waals surface area (Å²) in [7, 11) is 0. The smallest absolute Gasteiger partial charge is 0.438 e. The third-order valence-corrected chi connectivity index (χ3v) is 2.05. The van der Waals surface area contributed by atoms with Crippen LogP contribution >= 0.6 is 0 Å². The minimum absolute atomic E-state index is 0.220. The Hall–Kier alpha value is -2.05. The molecule has 7 heteroatoms. The Morgan fingerprint density at radius 1 is 1.12 bits per heavy atom. The van der Waals surface area contributed by atoms with E-state index in [2.05, 4.69) is 5.10 Å². The number of alkyl halides is 3. The average molecular weight is 246 g/mol. The molecule has 0 aliphatic rings. The molecule has 0 aliphatic heterocycles. The molecular formula is C10H6F4N2O. The maximum absolute atomic E-state index is 12.6. The van der Waals surface area contributed by atoms with Gasteiger partial charge < -0.3 is 5.11 Å². The van der Waals surface area contributed by atoms with E-state index in [1.54, 1.807) is 0 Å². The zero-order valence-corrected chi connectivity index (χ0v) is 8.24. The zero-order chi connectivity index (χ0) is 12.6. The van der Waals surface area contributed by atoms with Crippen molar-refractivity contribution in [1.29, 1.82) is 0 Å². The van der Waals surface area contributed by atoms with Crippen LogP contribution in [0.3, 0.4) is 0 Å². The summed E-state index contributed by atoms with van der Waals surface area (Å²) < 4.78 is 50.5.